The van der Waals surface area contributed by atoms with Crippen molar-refractivity contribution in [1.82, 2.24) is 4.98 Å². The number of benzene rings is 1. The van der Waals surface area contributed by atoms with E-state index in [0.29, 0.717) is 5.75 Å². The molecular weight excluding hydrogens is 298 g/mol. The number of aliphatic carboxylic acids is 1. The summed E-state index contributed by atoms with van der Waals surface area (Å²) in [5.41, 5.74) is 1.81. The number of carbonyl (C=O) groups is 1. The van der Waals surface area contributed by atoms with Crippen LogP contribution < -0.4 is 4.74 Å². The molecule has 1 aromatic heterocycles. The van der Waals surface area contributed by atoms with Crippen LogP contribution in [0.25, 0.3) is 10.9 Å². The summed E-state index contributed by atoms with van der Waals surface area (Å²) in [6.45, 7) is 3.46. The van der Waals surface area contributed by atoms with Gasteiger partial charge in [-0.15, -0.1) is 0 Å². The molecule has 0 spiro atoms. The molecule has 5 heteroatoms. The second-order valence-corrected chi connectivity index (χ2v) is 4.90. The SMILES string of the molecule is Cc1cc(Br)c2nccc(OC(C)C(=O)O)c2c1. The Morgan fingerprint density at radius 1 is 1.50 bits per heavy atom. The Bertz CT molecular complexity index is 612. The average Bonchev–Trinajstić information content (AvgIpc) is 2.29. The van der Waals surface area contributed by atoms with Gasteiger partial charge in [-0.25, -0.2) is 4.79 Å². The molecule has 94 valence electrons. The summed E-state index contributed by atoms with van der Waals surface area (Å²) in [6.07, 6.45) is 0.710. The molecule has 18 heavy (non-hydrogen) atoms. The topological polar surface area (TPSA) is 59.4 Å². The fraction of sp³-hybridized carbons (Fsp3) is 0.231. The van der Waals surface area contributed by atoms with Crippen LogP contribution in [0.5, 0.6) is 5.75 Å². The van der Waals surface area contributed by atoms with Gasteiger partial charge >= 0.3 is 5.97 Å². The zero-order valence-electron chi connectivity index (χ0n) is 9.98. The van der Waals surface area contributed by atoms with Gasteiger partial charge in [-0.2, -0.15) is 0 Å². The van der Waals surface area contributed by atoms with Crippen LogP contribution in [-0.4, -0.2) is 22.2 Å². The first-order chi connectivity index (χ1) is 8.49. The lowest BCUT2D eigenvalue weighted by Crippen LogP contribution is -2.23. The number of hydrogen-bond acceptors (Lipinski definition) is 3. The fourth-order valence-electron chi connectivity index (χ4n) is 1.67. The van der Waals surface area contributed by atoms with Crippen LogP contribution in [0, 0.1) is 6.92 Å². The summed E-state index contributed by atoms with van der Waals surface area (Å²) < 4.78 is 6.31. The van der Waals surface area contributed by atoms with Gasteiger partial charge < -0.3 is 9.84 Å². The molecule has 0 aliphatic rings. The Hall–Kier alpha value is -1.62. The van der Waals surface area contributed by atoms with E-state index in [0.717, 1.165) is 20.9 Å². The highest BCUT2D eigenvalue weighted by molar-refractivity contribution is 9.10. The van der Waals surface area contributed by atoms with E-state index in [1.54, 1.807) is 12.3 Å². The lowest BCUT2D eigenvalue weighted by atomic mass is 10.1. The Morgan fingerprint density at radius 2 is 2.22 bits per heavy atom. The second kappa shape index (κ2) is 4.94. The van der Waals surface area contributed by atoms with Crippen LogP contribution in [0.2, 0.25) is 0 Å². The van der Waals surface area contributed by atoms with E-state index in [2.05, 4.69) is 20.9 Å². The van der Waals surface area contributed by atoms with Crippen molar-refractivity contribution < 1.29 is 14.6 Å². The summed E-state index contributed by atoms with van der Waals surface area (Å²) in [5, 5.41) is 9.68. The third-order valence-corrected chi connectivity index (χ3v) is 3.16. The van der Waals surface area contributed by atoms with E-state index < -0.39 is 12.1 Å². The number of ether oxygens (including phenoxy) is 1. The van der Waals surface area contributed by atoms with Crippen molar-refractivity contribution in [2.24, 2.45) is 0 Å². The van der Waals surface area contributed by atoms with Gasteiger partial charge in [0.2, 0.25) is 0 Å². The highest BCUT2D eigenvalue weighted by Gasteiger charge is 2.15. The van der Waals surface area contributed by atoms with Crippen molar-refractivity contribution in [2.45, 2.75) is 20.0 Å². The van der Waals surface area contributed by atoms with Gasteiger partial charge in [0.15, 0.2) is 6.10 Å². The number of nitrogens with zero attached hydrogens (tertiary/aromatic N) is 1. The molecule has 0 fully saturated rings. The first-order valence-electron chi connectivity index (χ1n) is 5.43. The minimum Gasteiger partial charge on any atom is -0.479 e. The van der Waals surface area contributed by atoms with Crippen LogP contribution in [0.3, 0.4) is 0 Å². The lowest BCUT2D eigenvalue weighted by molar-refractivity contribution is -0.144. The Morgan fingerprint density at radius 3 is 2.89 bits per heavy atom. The molecule has 0 aliphatic heterocycles. The minimum absolute atomic E-state index is 0.527. The number of rotatable bonds is 3. The van der Waals surface area contributed by atoms with Gasteiger partial charge in [0.1, 0.15) is 5.75 Å². The Kier molecular flexibility index (Phi) is 3.52. The van der Waals surface area contributed by atoms with Gasteiger partial charge in [0.25, 0.3) is 0 Å². The molecule has 1 heterocycles. The molecule has 0 aliphatic carbocycles. The first kappa shape index (κ1) is 12.8. The van der Waals surface area contributed by atoms with Crippen LogP contribution in [0.4, 0.5) is 0 Å². The molecule has 2 rings (SSSR count). The van der Waals surface area contributed by atoms with E-state index in [-0.39, 0.29) is 0 Å². The van der Waals surface area contributed by atoms with Crippen LogP contribution in [0.15, 0.2) is 28.9 Å². The van der Waals surface area contributed by atoms with Gasteiger partial charge in [-0.3, -0.25) is 4.98 Å². The predicted molar refractivity (Wildman–Crippen MR) is 71.9 cm³/mol. The van der Waals surface area contributed by atoms with Crippen molar-refractivity contribution >= 4 is 32.8 Å². The number of fused-ring (bicyclic) bond motifs is 1. The summed E-state index contributed by atoms with van der Waals surface area (Å²) in [5.74, 6) is -0.467. The molecule has 0 saturated heterocycles. The first-order valence-corrected chi connectivity index (χ1v) is 6.22. The zero-order valence-corrected chi connectivity index (χ0v) is 11.6. The van der Waals surface area contributed by atoms with E-state index in [1.165, 1.54) is 6.92 Å². The number of hydrogen-bond donors (Lipinski definition) is 1. The van der Waals surface area contributed by atoms with Gasteiger partial charge in [-0.05, 0) is 53.5 Å². The molecule has 1 aromatic carbocycles. The van der Waals surface area contributed by atoms with E-state index in [1.807, 2.05) is 19.1 Å². The number of aryl methyl sites for hydroxylation is 1. The molecule has 0 saturated carbocycles. The molecule has 1 atom stereocenters. The van der Waals surface area contributed by atoms with Crippen molar-refractivity contribution in [3.05, 3.63) is 34.4 Å². The Balaban J connectivity index is 2.54. The van der Waals surface area contributed by atoms with E-state index in [9.17, 15) is 4.79 Å². The molecule has 1 unspecified atom stereocenters. The summed E-state index contributed by atoms with van der Waals surface area (Å²) in [4.78, 5) is 15.1. The second-order valence-electron chi connectivity index (χ2n) is 4.05. The molecule has 0 amide bonds. The molecule has 2 aromatic rings. The standard InChI is InChI=1S/C13H12BrNO3/c1-7-5-9-11(18-8(2)13(16)17)3-4-15-12(9)10(14)6-7/h3-6,8H,1-2H3,(H,16,17). The molecule has 1 N–H and O–H groups in total. The highest BCUT2D eigenvalue weighted by atomic mass is 79.9. The van der Waals surface area contributed by atoms with Gasteiger partial charge in [0, 0.05) is 16.1 Å². The predicted octanol–water partition coefficient (Wildman–Crippen LogP) is 3.16. The molecule has 4 nitrogen and oxygen atoms in total. The van der Waals surface area contributed by atoms with Gasteiger partial charge in [0.05, 0.1) is 5.52 Å². The summed E-state index contributed by atoms with van der Waals surface area (Å²) in [6, 6.07) is 5.56. The molecular formula is C13H12BrNO3. The summed E-state index contributed by atoms with van der Waals surface area (Å²) >= 11 is 3.44. The Labute approximate surface area is 113 Å². The van der Waals surface area contributed by atoms with Crippen LogP contribution in [0.1, 0.15) is 12.5 Å². The number of carboxylic acid groups (broad SMARTS) is 1. The maximum absolute atomic E-state index is 10.8. The molecule has 0 bridgehead atoms. The third-order valence-electron chi connectivity index (χ3n) is 2.55. The number of pyridine rings is 1. The largest absolute Gasteiger partial charge is 0.479 e. The molecule has 0 radical (unpaired) electrons. The van der Waals surface area contributed by atoms with Crippen LogP contribution >= 0.6 is 15.9 Å². The minimum atomic E-state index is -0.994. The van der Waals surface area contributed by atoms with E-state index in [4.69, 9.17) is 9.84 Å². The van der Waals surface area contributed by atoms with Crippen molar-refractivity contribution in [3.63, 3.8) is 0 Å². The van der Waals surface area contributed by atoms with Crippen molar-refractivity contribution in [3.8, 4) is 5.75 Å². The van der Waals surface area contributed by atoms with Crippen molar-refractivity contribution in [2.75, 3.05) is 0 Å². The fourth-order valence-corrected chi connectivity index (χ4v) is 2.34. The maximum atomic E-state index is 10.8. The highest BCUT2D eigenvalue weighted by Crippen LogP contribution is 2.31. The quantitative estimate of drug-likeness (QED) is 0.946. The lowest BCUT2D eigenvalue weighted by Gasteiger charge is -2.13. The summed E-state index contributed by atoms with van der Waals surface area (Å²) in [7, 11) is 0. The maximum Gasteiger partial charge on any atom is 0.344 e. The van der Waals surface area contributed by atoms with Crippen molar-refractivity contribution in [1.29, 1.82) is 0 Å². The van der Waals surface area contributed by atoms with Gasteiger partial charge in [-0.1, -0.05) is 0 Å². The smallest absolute Gasteiger partial charge is 0.344 e. The number of halogens is 1. The monoisotopic (exact) mass is 309 g/mol. The average molecular weight is 310 g/mol. The number of carboxylic acids is 1. The van der Waals surface area contributed by atoms with Crippen LogP contribution in [-0.2, 0) is 4.79 Å². The van der Waals surface area contributed by atoms with E-state index >= 15 is 0 Å². The third kappa shape index (κ3) is 2.46. The normalized spacial score (nSPS) is 12.4. The number of aromatic nitrogens is 1. The zero-order chi connectivity index (χ0) is 13.3.